The highest BCUT2D eigenvalue weighted by molar-refractivity contribution is 7.98. The first-order valence-electron chi connectivity index (χ1n) is 7.44. The monoisotopic (exact) mass is 332 g/mol. The lowest BCUT2D eigenvalue weighted by Gasteiger charge is -2.06. The van der Waals surface area contributed by atoms with Gasteiger partial charge < -0.3 is 18.5 Å². The summed E-state index contributed by atoms with van der Waals surface area (Å²) in [7, 11) is 0. The predicted molar refractivity (Wildman–Crippen MR) is 82.7 cm³/mol. The molecular formula is C15H16N4O3S. The van der Waals surface area contributed by atoms with Crippen molar-refractivity contribution in [3.8, 4) is 11.7 Å². The number of hydrogen-bond acceptors (Lipinski definition) is 7. The van der Waals surface area contributed by atoms with E-state index in [1.807, 2.05) is 17.6 Å². The molecule has 0 amide bonds. The summed E-state index contributed by atoms with van der Waals surface area (Å²) in [6.45, 7) is 1.80. The molecule has 1 saturated carbocycles. The smallest absolute Gasteiger partial charge is 0.263 e. The molecule has 0 aromatic carbocycles. The summed E-state index contributed by atoms with van der Waals surface area (Å²) in [5.74, 6) is 3.13. The molecule has 0 radical (unpaired) electrons. The van der Waals surface area contributed by atoms with Gasteiger partial charge in [0, 0.05) is 11.8 Å². The molecule has 1 N–H and O–H groups in total. The Morgan fingerprint density at radius 3 is 2.96 bits per heavy atom. The van der Waals surface area contributed by atoms with Crippen molar-refractivity contribution in [2.75, 3.05) is 0 Å². The maximum absolute atomic E-state index is 9.38. The average molecular weight is 332 g/mol. The van der Waals surface area contributed by atoms with Gasteiger partial charge in [-0.3, -0.25) is 0 Å². The van der Waals surface area contributed by atoms with Gasteiger partial charge in [-0.05, 0) is 31.9 Å². The number of nitrogens with zero attached hydrogens (tertiary/aromatic N) is 4. The number of furan rings is 1. The summed E-state index contributed by atoms with van der Waals surface area (Å²) in [5, 5.41) is 18.4. The van der Waals surface area contributed by atoms with Crippen LogP contribution >= 0.6 is 11.8 Å². The summed E-state index contributed by atoms with van der Waals surface area (Å²) in [5.41, 5.74) is 0.859. The van der Waals surface area contributed by atoms with Gasteiger partial charge in [-0.2, -0.15) is 0 Å². The number of rotatable bonds is 6. The Labute approximate surface area is 136 Å². The third-order valence-electron chi connectivity index (χ3n) is 3.75. The normalized spacial score (nSPS) is 14.5. The van der Waals surface area contributed by atoms with Crippen LogP contribution in [0.2, 0.25) is 0 Å². The molecule has 0 bridgehead atoms. The van der Waals surface area contributed by atoms with E-state index in [0.29, 0.717) is 29.3 Å². The zero-order chi connectivity index (χ0) is 15.8. The van der Waals surface area contributed by atoms with Gasteiger partial charge in [0.05, 0.1) is 12.0 Å². The zero-order valence-electron chi connectivity index (χ0n) is 12.6. The van der Waals surface area contributed by atoms with E-state index in [1.165, 1.54) is 0 Å². The van der Waals surface area contributed by atoms with Crippen molar-refractivity contribution in [3.05, 3.63) is 35.7 Å². The molecule has 3 aromatic heterocycles. The summed E-state index contributed by atoms with van der Waals surface area (Å²) in [6.07, 6.45) is 3.83. The summed E-state index contributed by atoms with van der Waals surface area (Å²) in [6, 6.07) is 4.05. The quantitative estimate of drug-likeness (QED) is 0.694. The van der Waals surface area contributed by atoms with Gasteiger partial charge in [0.2, 0.25) is 0 Å². The first-order chi connectivity index (χ1) is 11.3. The number of aromatic nitrogens is 4. The van der Waals surface area contributed by atoms with E-state index in [1.54, 1.807) is 24.1 Å². The second kappa shape index (κ2) is 5.86. The molecule has 7 nitrogen and oxygen atoms in total. The average Bonchev–Trinajstić information content (AvgIpc) is 2.99. The fourth-order valence-electron chi connectivity index (χ4n) is 2.41. The van der Waals surface area contributed by atoms with E-state index in [9.17, 15) is 5.11 Å². The van der Waals surface area contributed by atoms with Gasteiger partial charge in [-0.25, -0.2) is 4.98 Å². The van der Waals surface area contributed by atoms with Gasteiger partial charge in [-0.15, -0.1) is 10.2 Å². The molecule has 4 rings (SSSR count). The number of aryl methyl sites for hydroxylation is 1. The van der Waals surface area contributed by atoms with Gasteiger partial charge in [0.25, 0.3) is 5.89 Å². The van der Waals surface area contributed by atoms with E-state index in [0.717, 1.165) is 29.5 Å². The molecule has 0 atom stereocenters. The molecule has 1 aliphatic carbocycles. The van der Waals surface area contributed by atoms with Crippen LogP contribution in [0.4, 0.5) is 0 Å². The third-order valence-corrected chi connectivity index (χ3v) is 4.71. The molecule has 120 valence electrons. The van der Waals surface area contributed by atoms with Crippen LogP contribution < -0.4 is 0 Å². The molecule has 23 heavy (non-hydrogen) atoms. The molecule has 3 heterocycles. The van der Waals surface area contributed by atoms with Gasteiger partial charge in [-0.1, -0.05) is 11.8 Å². The van der Waals surface area contributed by atoms with Crippen LogP contribution in [0.3, 0.4) is 0 Å². The van der Waals surface area contributed by atoms with Crippen LogP contribution in [-0.4, -0.2) is 24.9 Å². The molecule has 0 unspecified atom stereocenters. The molecule has 0 saturated heterocycles. The minimum absolute atomic E-state index is 0.0876. The predicted octanol–water partition coefficient (Wildman–Crippen LogP) is 2.95. The highest BCUT2D eigenvalue weighted by Gasteiger charge is 2.29. The SMILES string of the molecule is Cc1oc(-c2ccco2)nc1CSc1nnc(CO)n1C1CC1. The molecule has 3 aromatic rings. The standard InChI is InChI=1S/C15H16N4O3S/c1-9-11(16-14(22-9)12-3-2-6-21-12)8-23-15-18-17-13(7-20)19(15)10-4-5-10/h2-3,6,10,20H,4-5,7-8H2,1H3. The second-order valence-corrected chi connectivity index (χ2v) is 6.39. The molecule has 1 fully saturated rings. The van der Waals surface area contributed by atoms with Crippen LogP contribution in [0.25, 0.3) is 11.7 Å². The van der Waals surface area contributed by atoms with Crippen molar-refractivity contribution in [1.82, 2.24) is 19.7 Å². The Kier molecular flexibility index (Phi) is 3.70. The van der Waals surface area contributed by atoms with Crippen LogP contribution in [-0.2, 0) is 12.4 Å². The third kappa shape index (κ3) is 2.79. The van der Waals surface area contributed by atoms with Crippen LogP contribution in [0.15, 0.2) is 32.4 Å². The fraction of sp³-hybridized carbons (Fsp3) is 0.400. The Hall–Kier alpha value is -2.06. The number of aliphatic hydroxyl groups excluding tert-OH is 1. The van der Waals surface area contributed by atoms with E-state index < -0.39 is 0 Å². The van der Waals surface area contributed by atoms with E-state index >= 15 is 0 Å². The zero-order valence-corrected chi connectivity index (χ0v) is 13.4. The lowest BCUT2D eigenvalue weighted by molar-refractivity contribution is 0.263. The largest absolute Gasteiger partial charge is 0.459 e. The first-order valence-corrected chi connectivity index (χ1v) is 8.42. The van der Waals surface area contributed by atoms with Crippen molar-refractivity contribution in [2.24, 2.45) is 0 Å². The Morgan fingerprint density at radius 2 is 2.26 bits per heavy atom. The minimum Gasteiger partial charge on any atom is -0.459 e. The lowest BCUT2D eigenvalue weighted by Crippen LogP contribution is -2.03. The van der Waals surface area contributed by atoms with E-state index in [2.05, 4.69) is 15.2 Å². The van der Waals surface area contributed by atoms with Crippen molar-refractivity contribution in [2.45, 2.75) is 43.3 Å². The summed E-state index contributed by atoms with van der Waals surface area (Å²) in [4.78, 5) is 4.50. The highest BCUT2D eigenvalue weighted by atomic mass is 32.2. The van der Waals surface area contributed by atoms with Crippen molar-refractivity contribution < 1.29 is 13.9 Å². The topological polar surface area (TPSA) is 90.1 Å². The number of hydrogen-bond donors (Lipinski definition) is 1. The van der Waals surface area contributed by atoms with Crippen molar-refractivity contribution in [1.29, 1.82) is 0 Å². The van der Waals surface area contributed by atoms with Crippen LogP contribution in [0, 0.1) is 6.92 Å². The Bertz CT molecular complexity index is 805. The van der Waals surface area contributed by atoms with E-state index in [4.69, 9.17) is 8.83 Å². The van der Waals surface area contributed by atoms with E-state index in [-0.39, 0.29) is 6.61 Å². The maximum Gasteiger partial charge on any atom is 0.263 e. The van der Waals surface area contributed by atoms with Crippen molar-refractivity contribution >= 4 is 11.8 Å². The molecule has 8 heteroatoms. The number of aliphatic hydroxyl groups is 1. The highest BCUT2D eigenvalue weighted by Crippen LogP contribution is 2.39. The Balaban J connectivity index is 1.52. The molecule has 1 aliphatic rings. The molecule has 0 spiro atoms. The van der Waals surface area contributed by atoms with Crippen LogP contribution in [0.5, 0.6) is 0 Å². The second-order valence-electron chi connectivity index (χ2n) is 5.45. The summed E-state index contributed by atoms with van der Waals surface area (Å²) >= 11 is 1.55. The van der Waals surface area contributed by atoms with Crippen LogP contribution in [0.1, 0.15) is 36.2 Å². The molecular weight excluding hydrogens is 316 g/mol. The van der Waals surface area contributed by atoms with Crippen molar-refractivity contribution in [3.63, 3.8) is 0 Å². The maximum atomic E-state index is 9.38. The lowest BCUT2D eigenvalue weighted by atomic mass is 10.4. The first kappa shape index (κ1) is 14.5. The Morgan fingerprint density at radius 1 is 1.39 bits per heavy atom. The fourth-order valence-corrected chi connectivity index (χ4v) is 3.44. The number of thioether (sulfide) groups is 1. The molecule has 0 aliphatic heterocycles. The number of oxazole rings is 1. The van der Waals surface area contributed by atoms with Gasteiger partial charge >= 0.3 is 0 Å². The minimum atomic E-state index is -0.0876. The van der Waals surface area contributed by atoms with Gasteiger partial charge in [0.1, 0.15) is 12.4 Å². The van der Waals surface area contributed by atoms with Gasteiger partial charge in [0.15, 0.2) is 16.7 Å². The summed E-state index contributed by atoms with van der Waals surface area (Å²) < 4.78 is 13.0.